The van der Waals surface area contributed by atoms with Crippen molar-refractivity contribution in [1.82, 2.24) is 5.32 Å². The zero-order chi connectivity index (χ0) is 21.5. The van der Waals surface area contributed by atoms with Gasteiger partial charge in [0.25, 0.3) is 5.91 Å². The highest BCUT2D eigenvalue weighted by molar-refractivity contribution is 5.94. The molecule has 1 N–H and O–H groups in total. The zero-order valence-electron chi connectivity index (χ0n) is 17.5. The number of hydrogen-bond acceptors (Lipinski definition) is 3. The number of ether oxygens (including phenoxy) is 2. The Labute approximate surface area is 176 Å². The summed E-state index contributed by atoms with van der Waals surface area (Å²) in [5, 5.41) is 2.86. The first-order chi connectivity index (χ1) is 14.5. The van der Waals surface area contributed by atoms with Crippen LogP contribution in [0, 0.1) is 19.7 Å². The average molecular weight is 407 g/mol. The molecule has 0 saturated heterocycles. The molecule has 0 saturated carbocycles. The van der Waals surface area contributed by atoms with E-state index in [9.17, 15) is 9.18 Å². The molecular formula is C25H26FNO3. The van der Waals surface area contributed by atoms with Crippen molar-refractivity contribution in [3.05, 3.63) is 94.3 Å². The smallest absolute Gasteiger partial charge is 0.251 e. The number of carbonyl (C=O) groups excluding carboxylic acids is 1. The van der Waals surface area contributed by atoms with Crippen LogP contribution < -0.4 is 14.8 Å². The van der Waals surface area contributed by atoms with E-state index < -0.39 is 0 Å². The fourth-order valence-corrected chi connectivity index (χ4v) is 2.98. The lowest BCUT2D eigenvalue weighted by molar-refractivity contribution is 0.0950. The van der Waals surface area contributed by atoms with Crippen LogP contribution in [0.2, 0.25) is 0 Å². The van der Waals surface area contributed by atoms with Gasteiger partial charge in [0.15, 0.2) is 0 Å². The number of benzene rings is 3. The summed E-state index contributed by atoms with van der Waals surface area (Å²) in [6.45, 7) is 7.14. The Kier molecular flexibility index (Phi) is 7.07. The third kappa shape index (κ3) is 5.60. The largest absolute Gasteiger partial charge is 0.493 e. The molecule has 0 heterocycles. The van der Waals surface area contributed by atoms with Crippen LogP contribution in [0.3, 0.4) is 0 Å². The highest BCUT2D eigenvalue weighted by atomic mass is 19.1. The molecule has 30 heavy (non-hydrogen) atoms. The second-order valence-electron chi connectivity index (χ2n) is 7.10. The lowest BCUT2D eigenvalue weighted by Gasteiger charge is -2.14. The first kappa shape index (κ1) is 21.4. The van der Waals surface area contributed by atoms with Gasteiger partial charge in [-0.05, 0) is 79.9 Å². The van der Waals surface area contributed by atoms with Crippen molar-refractivity contribution in [2.45, 2.75) is 33.9 Å². The highest BCUT2D eigenvalue weighted by Crippen LogP contribution is 2.24. The second kappa shape index (κ2) is 9.92. The van der Waals surface area contributed by atoms with Gasteiger partial charge in [0.05, 0.1) is 6.61 Å². The van der Waals surface area contributed by atoms with E-state index >= 15 is 0 Å². The topological polar surface area (TPSA) is 47.6 Å². The maximum Gasteiger partial charge on any atom is 0.251 e. The Hall–Kier alpha value is -3.34. The normalized spacial score (nSPS) is 10.5. The van der Waals surface area contributed by atoms with Gasteiger partial charge in [-0.2, -0.15) is 0 Å². The molecule has 0 aliphatic carbocycles. The minimum Gasteiger partial charge on any atom is -0.493 e. The van der Waals surface area contributed by atoms with Crippen LogP contribution in [0.4, 0.5) is 4.39 Å². The highest BCUT2D eigenvalue weighted by Gasteiger charge is 2.12. The maximum absolute atomic E-state index is 13.0. The van der Waals surface area contributed by atoms with E-state index in [0.717, 1.165) is 22.4 Å². The summed E-state index contributed by atoms with van der Waals surface area (Å²) in [5.74, 6) is 0.947. The van der Waals surface area contributed by atoms with Crippen LogP contribution in [0.5, 0.6) is 11.5 Å². The van der Waals surface area contributed by atoms with Crippen LogP contribution in [-0.2, 0) is 13.2 Å². The molecule has 3 rings (SSSR count). The Morgan fingerprint density at radius 1 is 0.933 bits per heavy atom. The van der Waals surface area contributed by atoms with E-state index in [0.29, 0.717) is 24.5 Å². The lowest BCUT2D eigenvalue weighted by atomic mass is 10.1. The molecule has 0 atom stereocenters. The van der Waals surface area contributed by atoms with Gasteiger partial charge in [0, 0.05) is 17.7 Å². The summed E-state index contributed by atoms with van der Waals surface area (Å²) in [6, 6.07) is 17.3. The standard InChI is InChI=1S/C25H26FNO3/c1-4-29-24-12-8-20(25(28)27-15-19-6-9-22(26)10-7-19)14-21(24)16-30-23-11-5-17(2)18(3)13-23/h5-14H,4,15-16H2,1-3H3,(H,27,28). The molecular weight excluding hydrogens is 381 g/mol. The molecule has 4 nitrogen and oxygen atoms in total. The van der Waals surface area contributed by atoms with Crippen LogP contribution in [0.15, 0.2) is 60.7 Å². The number of amides is 1. The van der Waals surface area contributed by atoms with E-state index in [1.165, 1.54) is 17.7 Å². The molecule has 5 heteroatoms. The van der Waals surface area contributed by atoms with Crippen LogP contribution in [0.25, 0.3) is 0 Å². The molecule has 0 unspecified atom stereocenters. The van der Waals surface area contributed by atoms with Crippen molar-refractivity contribution in [1.29, 1.82) is 0 Å². The number of aryl methyl sites for hydroxylation is 2. The predicted molar refractivity (Wildman–Crippen MR) is 115 cm³/mol. The van der Waals surface area contributed by atoms with Gasteiger partial charge in [-0.1, -0.05) is 18.2 Å². The van der Waals surface area contributed by atoms with Crippen molar-refractivity contribution in [2.75, 3.05) is 6.61 Å². The van der Waals surface area contributed by atoms with Crippen LogP contribution >= 0.6 is 0 Å². The molecule has 156 valence electrons. The molecule has 0 fully saturated rings. The number of rotatable bonds is 8. The summed E-state index contributed by atoms with van der Waals surface area (Å²) in [6.07, 6.45) is 0. The van der Waals surface area contributed by atoms with Gasteiger partial charge in [-0.25, -0.2) is 4.39 Å². The summed E-state index contributed by atoms with van der Waals surface area (Å²) in [7, 11) is 0. The Morgan fingerprint density at radius 2 is 1.70 bits per heavy atom. The van der Waals surface area contributed by atoms with E-state index in [4.69, 9.17) is 9.47 Å². The van der Waals surface area contributed by atoms with Crippen molar-refractivity contribution in [3.63, 3.8) is 0 Å². The van der Waals surface area contributed by atoms with Crippen molar-refractivity contribution >= 4 is 5.91 Å². The zero-order valence-corrected chi connectivity index (χ0v) is 17.5. The maximum atomic E-state index is 13.0. The van der Waals surface area contributed by atoms with E-state index in [-0.39, 0.29) is 18.3 Å². The van der Waals surface area contributed by atoms with E-state index in [2.05, 4.69) is 12.2 Å². The van der Waals surface area contributed by atoms with Crippen LogP contribution in [0.1, 0.15) is 39.5 Å². The fourth-order valence-electron chi connectivity index (χ4n) is 2.98. The summed E-state index contributed by atoms with van der Waals surface area (Å²) >= 11 is 0. The summed E-state index contributed by atoms with van der Waals surface area (Å²) < 4.78 is 24.7. The minimum atomic E-state index is -0.301. The molecule has 0 aromatic heterocycles. The quantitative estimate of drug-likeness (QED) is 0.548. The average Bonchev–Trinajstić information content (AvgIpc) is 2.75. The van der Waals surface area contributed by atoms with Crippen molar-refractivity contribution in [2.24, 2.45) is 0 Å². The molecule has 0 aliphatic heterocycles. The number of carbonyl (C=O) groups is 1. The van der Waals surface area contributed by atoms with Gasteiger partial charge in [-0.15, -0.1) is 0 Å². The van der Waals surface area contributed by atoms with E-state index in [1.807, 2.05) is 32.0 Å². The first-order valence-corrected chi connectivity index (χ1v) is 9.94. The molecule has 0 spiro atoms. The van der Waals surface area contributed by atoms with Gasteiger partial charge in [-0.3, -0.25) is 4.79 Å². The Balaban J connectivity index is 1.71. The SMILES string of the molecule is CCOc1ccc(C(=O)NCc2ccc(F)cc2)cc1COc1ccc(C)c(C)c1. The number of halogens is 1. The molecule has 3 aromatic carbocycles. The second-order valence-corrected chi connectivity index (χ2v) is 7.10. The Morgan fingerprint density at radius 3 is 2.40 bits per heavy atom. The predicted octanol–water partition coefficient (Wildman–Crippen LogP) is 5.35. The van der Waals surface area contributed by atoms with Gasteiger partial charge in [0.2, 0.25) is 0 Å². The molecule has 3 aromatic rings. The number of nitrogens with one attached hydrogen (secondary N) is 1. The van der Waals surface area contributed by atoms with Crippen LogP contribution in [-0.4, -0.2) is 12.5 Å². The van der Waals surface area contributed by atoms with Gasteiger partial charge in [0.1, 0.15) is 23.9 Å². The number of hydrogen-bond donors (Lipinski definition) is 1. The first-order valence-electron chi connectivity index (χ1n) is 9.94. The molecule has 0 bridgehead atoms. The monoisotopic (exact) mass is 407 g/mol. The van der Waals surface area contributed by atoms with Gasteiger partial charge < -0.3 is 14.8 Å². The Bertz CT molecular complexity index is 1020. The fraction of sp³-hybridized carbons (Fsp3) is 0.240. The van der Waals surface area contributed by atoms with Crippen molar-refractivity contribution in [3.8, 4) is 11.5 Å². The summed E-state index contributed by atoms with van der Waals surface area (Å²) in [4.78, 5) is 12.6. The minimum absolute atomic E-state index is 0.213. The summed E-state index contributed by atoms with van der Waals surface area (Å²) in [5.41, 5.74) is 4.50. The van der Waals surface area contributed by atoms with E-state index in [1.54, 1.807) is 30.3 Å². The van der Waals surface area contributed by atoms with Gasteiger partial charge >= 0.3 is 0 Å². The molecule has 0 aliphatic rings. The lowest BCUT2D eigenvalue weighted by Crippen LogP contribution is -2.23. The molecule has 1 amide bonds. The third-order valence-electron chi connectivity index (χ3n) is 4.86. The molecule has 0 radical (unpaired) electrons. The third-order valence-corrected chi connectivity index (χ3v) is 4.86. The van der Waals surface area contributed by atoms with Crippen molar-refractivity contribution < 1.29 is 18.7 Å².